The molecular weight excluding hydrogens is 224 g/mol. The molecule has 1 aromatic rings. The van der Waals surface area contributed by atoms with E-state index in [-0.39, 0.29) is 5.44 Å². The number of hydrogen-bond acceptors (Lipinski definition) is 2. The monoisotopic (exact) mass is 232 g/mol. The molecule has 0 saturated heterocycles. The number of benzene rings is 1. The molecule has 0 amide bonds. The summed E-state index contributed by atoms with van der Waals surface area (Å²) in [6.45, 7) is 0. The zero-order valence-corrected chi connectivity index (χ0v) is 8.39. The third-order valence-electron chi connectivity index (χ3n) is 1.31. The molecule has 0 bridgehead atoms. The van der Waals surface area contributed by atoms with Crippen LogP contribution in [-0.2, 0) is 4.74 Å². The van der Waals surface area contributed by atoms with Crippen molar-refractivity contribution in [1.82, 2.24) is 0 Å². The fourth-order valence-corrected chi connectivity index (χ4v) is 1.49. The minimum Gasteiger partial charge on any atom is -0.352 e. The molecule has 0 saturated carbocycles. The number of rotatable bonds is 3. The van der Waals surface area contributed by atoms with Crippen molar-refractivity contribution < 1.29 is 4.74 Å². The lowest BCUT2D eigenvalue weighted by molar-refractivity contribution is 0.165. The molecule has 11 heavy (non-hydrogen) atoms. The summed E-state index contributed by atoms with van der Waals surface area (Å²) >= 11 is 7.42. The smallest absolute Gasteiger partial charge is 0.126 e. The third kappa shape index (κ3) is 2.85. The number of thiol groups is 1. The van der Waals surface area contributed by atoms with Crippen molar-refractivity contribution in [3.8, 4) is 0 Å². The van der Waals surface area contributed by atoms with E-state index in [9.17, 15) is 0 Å². The second kappa shape index (κ2) is 4.80. The number of ether oxygens (including phenoxy) is 1. The molecule has 1 aromatic carbocycles. The Morgan fingerprint density at radius 1 is 1.36 bits per heavy atom. The molecule has 0 aliphatic heterocycles. The van der Waals surface area contributed by atoms with Gasteiger partial charge < -0.3 is 4.74 Å². The Bertz CT molecular complexity index is 203. The van der Waals surface area contributed by atoms with E-state index in [1.807, 2.05) is 30.3 Å². The Hall–Kier alpha value is 0.0100. The van der Waals surface area contributed by atoms with Crippen LogP contribution in [0.4, 0.5) is 0 Å². The van der Waals surface area contributed by atoms with Gasteiger partial charge in [0.25, 0.3) is 0 Å². The third-order valence-corrected chi connectivity index (χ3v) is 2.02. The van der Waals surface area contributed by atoms with E-state index in [1.165, 1.54) is 0 Å². The van der Waals surface area contributed by atoms with Crippen molar-refractivity contribution >= 4 is 28.6 Å². The molecule has 0 aliphatic rings. The van der Waals surface area contributed by atoms with Gasteiger partial charge in [-0.1, -0.05) is 46.3 Å². The highest BCUT2D eigenvalue weighted by molar-refractivity contribution is 9.09. The van der Waals surface area contributed by atoms with Crippen LogP contribution >= 0.6 is 28.6 Å². The summed E-state index contributed by atoms with van der Waals surface area (Å²) < 4.78 is 5.21. The molecule has 0 aliphatic carbocycles. The minimum absolute atomic E-state index is 0.129. The van der Waals surface area contributed by atoms with Gasteiger partial charge in [-0.3, -0.25) is 0 Å². The van der Waals surface area contributed by atoms with Crippen LogP contribution < -0.4 is 0 Å². The Morgan fingerprint density at radius 2 is 2.00 bits per heavy atom. The van der Waals surface area contributed by atoms with Gasteiger partial charge in [0, 0.05) is 0 Å². The number of alkyl halides is 1. The molecule has 0 N–H and O–H groups in total. The maximum atomic E-state index is 5.21. The van der Waals surface area contributed by atoms with Gasteiger partial charge in [-0.15, -0.1) is 12.6 Å². The highest BCUT2D eigenvalue weighted by Crippen LogP contribution is 2.20. The predicted molar refractivity (Wildman–Crippen MR) is 53.0 cm³/mol. The van der Waals surface area contributed by atoms with Crippen LogP contribution in [0.3, 0.4) is 0 Å². The summed E-state index contributed by atoms with van der Waals surface area (Å²) in [6.07, 6.45) is 0. The molecular formula is C8H9BrOS. The van der Waals surface area contributed by atoms with E-state index in [0.717, 1.165) is 5.56 Å². The lowest BCUT2D eigenvalue weighted by Gasteiger charge is -2.09. The molecule has 3 heteroatoms. The molecule has 0 spiro atoms. The topological polar surface area (TPSA) is 9.23 Å². The molecule has 0 aromatic heterocycles. The Balaban J connectivity index is 2.61. The van der Waals surface area contributed by atoms with E-state index >= 15 is 0 Å². The Morgan fingerprint density at radius 3 is 2.55 bits per heavy atom. The van der Waals surface area contributed by atoms with E-state index in [1.54, 1.807) is 0 Å². The summed E-state index contributed by atoms with van der Waals surface area (Å²) in [6, 6.07) is 9.88. The molecule has 0 radical (unpaired) electrons. The van der Waals surface area contributed by atoms with Crippen LogP contribution in [0, 0.1) is 0 Å². The highest BCUT2D eigenvalue weighted by Gasteiger charge is 2.02. The maximum absolute atomic E-state index is 5.21. The van der Waals surface area contributed by atoms with Crippen molar-refractivity contribution in [2.75, 3.05) is 5.52 Å². The lowest BCUT2D eigenvalue weighted by Crippen LogP contribution is -1.94. The van der Waals surface area contributed by atoms with Gasteiger partial charge in [0.2, 0.25) is 0 Å². The average molecular weight is 233 g/mol. The van der Waals surface area contributed by atoms with E-state index in [0.29, 0.717) is 5.52 Å². The maximum Gasteiger partial charge on any atom is 0.126 e. The molecule has 1 atom stereocenters. The van der Waals surface area contributed by atoms with Gasteiger partial charge >= 0.3 is 0 Å². The lowest BCUT2D eigenvalue weighted by atomic mass is 10.2. The Labute approximate surface area is 80.3 Å². The molecule has 1 nitrogen and oxygen atoms in total. The first-order valence-corrected chi connectivity index (χ1v) is 4.89. The highest BCUT2D eigenvalue weighted by atomic mass is 79.9. The van der Waals surface area contributed by atoms with Crippen LogP contribution in [0.15, 0.2) is 30.3 Å². The summed E-state index contributed by atoms with van der Waals surface area (Å²) in [5.41, 5.74) is 1.46. The Kier molecular flexibility index (Phi) is 3.97. The van der Waals surface area contributed by atoms with E-state index < -0.39 is 0 Å². The van der Waals surface area contributed by atoms with Crippen molar-refractivity contribution in [2.45, 2.75) is 5.44 Å². The largest absolute Gasteiger partial charge is 0.352 e. The van der Waals surface area contributed by atoms with Crippen LogP contribution in [0.1, 0.15) is 11.0 Å². The molecule has 1 rings (SSSR count). The van der Waals surface area contributed by atoms with Crippen LogP contribution in [0.5, 0.6) is 0 Å². The van der Waals surface area contributed by atoms with Gasteiger partial charge in [-0.2, -0.15) is 0 Å². The second-order valence-electron chi connectivity index (χ2n) is 2.04. The molecule has 60 valence electrons. The summed E-state index contributed by atoms with van der Waals surface area (Å²) in [7, 11) is 0. The van der Waals surface area contributed by atoms with Crippen molar-refractivity contribution in [2.24, 2.45) is 0 Å². The van der Waals surface area contributed by atoms with Gasteiger partial charge in [0.1, 0.15) is 11.0 Å². The van der Waals surface area contributed by atoms with E-state index in [2.05, 4.69) is 28.6 Å². The number of hydrogen-bond donors (Lipinski definition) is 1. The first-order chi connectivity index (χ1) is 5.34. The quantitative estimate of drug-likeness (QED) is 0.479. The summed E-state index contributed by atoms with van der Waals surface area (Å²) in [5, 5.41) is 0. The van der Waals surface area contributed by atoms with Crippen molar-refractivity contribution in [3.63, 3.8) is 0 Å². The summed E-state index contributed by atoms with van der Waals surface area (Å²) in [5.74, 6) is 0. The minimum atomic E-state index is -0.129. The first kappa shape index (κ1) is 9.10. The molecule has 0 fully saturated rings. The molecule has 0 heterocycles. The average Bonchev–Trinajstić information content (AvgIpc) is 2.07. The van der Waals surface area contributed by atoms with Crippen LogP contribution in [0.25, 0.3) is 0 Å². The summed E-state index contributed by atoms with van der Waals surface area (Å²) in [4.78, 5) is 0. The SMILES string of the molecule is SC(OCBr)c1ccccc1. The number of halogens is 1. The van der Waals surface area contributed by atoms with Gasteiger partial charge in [0.15, 0.2) is 0 Å². The van der Waals surface area contributed by atoms with Crippen molar-refractivity contribution in [3.05, 3.63) is 35.9 Å². The zero-order chi connectivity index (χ0) is 8.10. The van der Waals surface area contributed by atoms with E-state index in [4.69, 9.17) is 4.74 Å². The normalized spacial score (nSPS) is 12.9. The van der Waals surface area contributed by atoms with Crippen LogP contribution in [0.2, 0.25) is 0 Å². The molecule has 1 unspecified atom stereocenters. The van der Waals surface area contributed by atoms with Crippen molar-refractivity contribution in [1.29, 1.82) is 0 Å². The standard InChI is InChI=1S/C8H9BrOS/c9-6-10-8(11)7-4-2-1-3-5-7/h1-5,8,11H,6H2. The fraction of sp³-hybridized carbons (Fsp3) is 0.250. The first-order valence-electron chi connectivity index (χ1n) is 3.25. The van der Waals surface area contributed by atoms with Gasteiger partial charge in [0.05, 0.1) is 0 Å². The second-order valence-corrected chi connectivity index (χ2v) is 2.97. The predicted octanol–water partition coefficient (Wildman–Crippen LogP) is 2.98. The van der Waals surface area contributed by atoms with Gasteiger partial charge in [-0.05, 0) is 5.56 Å². The van der Waals surface area contributed by atoms with Gasteiger partial charge in [-0.25, -0.2) is 0 Å². The zero-order valence-electron chi connectivity index (χ0n) is 5.90. The van der Waals surface area contributed by atoms with Crippen LogP contribution in [-0.4, -0.2) is 5.52 Å². The fourth-order valence-electron chi connectivity index (χ4n) is 0.774.